The fourth-order valence-corrected chi connectivity index (χ4v) is 8.98. The summed E-state index contributed by atoms with van der Waals surface area (Å²) in [6.07, 6.45) is 6.10. The number of likely N-dealkylation sites (N-methyl/N-ethyl adjacent to an activating group) is 2. The van der Waals surface area contributed by atoms with Crippen LogP contribution in [0.15, 0.2) is 73.5 Å². The summed E-state index contributed by atoms with van der Waals surface area (Å²) >= 11 is 0. The van der Waals surface area contributed by atoms with Crippen LogP contribution in [0.2, 0.25) is 0 Å². The van der Waals surface area contributed by atoms with Crippen LogP contribution in [0.5, 0.6) is 5.75 Å². The Hall–Kier alpha value is -7.26. The van der Waals surface area contributed by atoms with Gasteiger partial charge in [-0.3, -0.25) is 48.8 Å². The van der Waals surface area contributed by atoms with Crippen LogP contribution in [0.25, 0.3) is 10.9 Å². The molecule has 4 rings (SSSR count). The number of benzene rings is 2. The molecule has 2 heterocycles. The number of para-hydroxylation sites is 1. The van der Waals surface area contributed by atoms with Gasteiger partial charge >= 0.3 is 5.97 Å². The molecule has 0 bridgehead atoms. The van der Waals surface area contributed by atoms with E-state index in [0.29, 0.717) is 5.56 Å². The molecule has 0 unspecified atom stereocenters. The van der Waals surface area contributed by atoms with Crippen molar-refractivity contribution in [1.82, 2.24) is 41.0 Å². The summed E-state index contributed by atoms with van der Waals surface area (Å²) in [4.78, 5) is 117. The lowest BCUT2D eigenvalue weighted by Gasteiger charge is -2.33. The summed E-state index contributed by atoms with van der Waals surface area (Å²) in [7, 11) is 2.64. The van der Waals surface area contributed by atoms with Crippen LogP contribution < -0.4 is 36.9 Å². The molecular formula is C54H76N9O12-. The average molecular weight is 1040 g/mol. The largest absolute Gasteiger partial charge is 0.871 e. The molecule has 410 valence electrons. The second-order valence-corrected chi connectivity index (χ2v) is 20.8. The number of anilines is 1. The molecule has 1 fully saturated rings. The zero-order valence-electron chi connectivity index (χ0n) is 44.9. The molecule has 1 aliphatic heterocycles. The lowest BCUT2D eigenvalue weighted by atomic mass is 9.97. The van der Waals surface area contributed by atoms with Crippen molar-refractivity contribution < 1.29 is 59.0 Å². The van der Waals surface area contributed by atoms with Crippen molar-refractivity contribution >= 4 is 63.9 Å². The number of fused-ring (bicyclic) bond motifs is 1. The van der Waals surface area contributed by atoms with E-state index in [2.05, 4.69) is 33.2 Å². The highest BCUT2D eigenvalue weighted by molar-refractivity contribution is 5.99. The van der Waals surface area contributed by atoms with Crippen LogP contribution in [-0.2, 0) is 56.7 Å². The number of carboxylic acid groups (broad SMARTS) is 1. The Morgan fingerprint density at radius 3 is 1.88 bits per heavy atom. The van der Waals surface area contributed by atoms with Gasteiger partial charge in [-0.1, -0.05) is 88.9 Å². The number of amides is 7. The van der Waals surface area contributed by atoms with E-state index in [1.165, 1.54) is 38.9 Å². The molecule has 0 saturated carbocycles. The first-order valence-corrected chi connectivity index (χ1v) is 25.2. The Morgan fingerprint density at radius 2 is 1.29 bits per heavy atom. The highest BCUT2D eigenvalue weighted by atomic mass is 16.8. The van der Waals surface area contributed by atoms with Crippen LogP contribution in [0.4, 0.5) is 5.69 Å². The Labute approximate surface area is 438 Å². The van der Waals surface area contributed by atoms with Crippen molar-refractivity contribution in [2.24, 2.45) is 17.8 Å². The maximum Gasteiger partial charge on any atom is 0.306 e. The van der Waals surface area contributed by atoms with Crippen molar-refractivity contribution in [3.63, 3.8) is 0 Å². The highest BCUT2D eigenvalue weighted by Crippen LogP contribution is 2.30. The van der Waals surface area contributed by atoms with Crippen LogP contribution in [-0.4, -0.2) is 134 Å². The first-order chi connectivity index (χ1) is 35.1. The van der Waals surface area contributed by atoms with Gasteiger partial charge in [0.15, 0.2) is 0 Å². The van der Waals surface area contributed by atoms with Gasteiger partial charge in [0, 0.05) is 44.0 Å². The van der Waals surface area contributed by atoms with E-state index in [0.717, 1.165) is 27.9 Å². The number of hydrogen-bond donors (Lipinski definition) is 8. The zero-order chi connectivity index (χ0) is 56.2. The van der Waals surface area contributed by atoms with Gasteiger partial charge in [0.05, 0.1) is 17.1 Å². The summed E-state index contributed by atoms with van der Waals surface area (Å²) in [5.74, 6) is -9.46. The SMILES string of the molecule is C=CC(C)(C)n1cc(C[C@@H]2NC(=O)[C@H](C/C=C/C)NC(=O)[C@H](CC(C)C)NC(=O)[C@H](C[C@H](C)C(=O)O)N(C)C(=O)[C@H](C)NC(=O)[C@H](Cc3ccc([O-])c(N(O)O)c3)NC(=O)[C@H](CC(C)C)N(C)C2=O)c2ccccc21. The standard InChI is InChI=1S/C54H77N9O12/c1-13-15-19-37-46(65)59-40(28-35-29-62(54(9,10)14-2)41-20-17-16-18-36(35)41)52(71)61(12)43(24-31(5)6)49(68)58-39(26-34-21-22-45(64)42(27-34)63(74)75)47(66)55-33(8)51(70)60(11)44(25-32(7)53(72)73)50(69)57-38(23-30(3)4)48(67)56-37/h13-18,20-22,27,29-33,37-40,43-44,64,74-75H,2,19,23-26,28H2,1,3-12H3,(H,55,66)(H,56,67)(H,57,69)(H,58,68)(H,59,65)(H,72,73)/p-1/b15-13+/t32-,33-,37-,38-,39-,40-,43-,44-/m0/s1. The van der Waals surface area contributed by atoms with Gasteiger partial charge in [0.2, 0.25) is 41.4 Å². The number of carbonyl (C=O) groups is 8. The fraction of sp³-hybridized carbons (Fsp3) is 0.519. The van der Waals surface area contributed by atoms with E-state index < -0.39 is 125 Å². The molecule has 0 aliphatic carbocycles. The summed E-state index contributed by atoms with van der Waals surface area (Å²) in [5, 5.41) is 56.1. The van der Waals surface area contributed by atoms with Gasteiger partial charge in [-0.2, -0.15) is 0 Å². The Bertz CT molecular complexity index is 2610. The molecule has 8 N–H and O–H groups in total. The van der Waals surface area contributed by atoms with Crippen LogP contribution >= 0.6 is 0 Å². The van der Waals surface area contributed by atoms with Gasteiger partial charge < -0.3 is 51.2 Å². The van der Waals surface area contributed by atoms with Crippen LogP contribution in [0.1, 0.15) is 99.1 Å². The minimum absolute atomic E-state index is 0.0446. The van der Waals surface area contributed by atoms with Crippen LogP contribution in [0, 0.1) is 17.8 Å². The average Bonchev–Trinajstić information content (AvgIpc) is 3.73. The van der Waals surface area contributed by atoms with Gasteiger partial charge in [-0.15, -0.1) is 11.8 Å². The molecule has 2 aromatic carbocycles. The minimum Gasteiger partial charge on any atom is -0.871 e. The Kier molecular flexibility index (Phi) is 21.1. The lowest BCUT2D eigenvalue weighted by molar-refractivity contribution is -0.268. The number of aromatic nitrogens is 1. The van der Waals surface area contributed by atoms with Gasteiger partial charge in [0.25, 0.3) is 0 Å². The molecule has 1 aromatic heterocycles. The number of aliphatic carboxylic acids is 1. The number of rotatable bonds is 16. The third-order valence-corrected chi connectivity index (χ3v) is 13.5. The van der Waals surface area contributed by atoms with Crippen molar-refractivity contribution in [2.75, 3.05) is 19.3 Å². The number of allylic oxidation sites excluding steroid dienone is 2. The molecule has 0 radical (unpaired) electrons. The number of hydrogen-bond acceptors (Lipinski definition) is 12. The molecule has 0 spiro atoms. The third kappa shape index (κ3) is 15.6. The number of nitrogens with zero attached hydrogens (tertiary/aromatic N) is 4. The van der Waals surface area contributed by atoms with E-state index >= 15 is 4.79 Å². The summed E-state index contributed by atoms with van der Waals surface area (Å²) < 4.78 is 2.00. The van der Waals surface area contributed by atoms with Crippen molar-refractivity contribution in [3.05, 3.63) is 84.6 Å². The molecule has 21 nitrogen and oxygen atoms in total. The smallest absolute Gasteiger partial charge is 0.306 e. The first-order valence-electron chi connectivity index (χ1n) is 25.2. The Morgan fingerprint density at radius 1 is 0.747 bits per heavy atom. The number of carbonyl (C=O) groups excluding carboxylic acids is 7. The number of nitrogens with one attached hydrogen (secondary N) is 5. The van der Waals surface area contributed by atoms with E-state index in [1.54, 1.807) is 39.0 Å². The maximum absolute atomic E-state index is 15.3. The molecule has 75 heavy (non-hydrogen) atoms. The molecule has 3 aromatic rings. The van der Waals surface area contributed by atoms with Crippen molar-refractivity contribution in [3.8, 4) is 5.75 Å². The predicted molar refractivity (Wildman–Crippen MR) is 279 cm³/mol. The first kappa shape index (κ1) is 60.3. The second-order valence-electron chi connectivity index (χ2n) is 20.8. The number of carboxylic acids is 1. The molecule has 8 atom stereocenters. The van der Waals surface area contributed by atoms with Crippen LogP contribution in [0.3, 0.4) is 0 Å². The van der Waals surface area contributed by atoms with E-state index in [4.69, 9.17) is 0 Å². The third-order valence-electron chi connectivity index (χ3n) is 13.5. The monoisotopic (exact) mass is 1040 g/mol. The van der Waals surface area contributed by atoms with Gasteiger partial charge in [0.1, 0.15) is 42.3 Å². The highest BCUT2D eigenvalue weighted by Gasteiger charge is 2.40. The zero-order valence-corrected chi connectivity index (χ0v) is 44.9. The van der Waals surface area contributed by atoms with Gasteiger partial charge in [-0.25, -0.2) is 0 Å². The van der Waals surface area contributed by atoms with Crippen molar-refractivity contribution in [1.29, 1.82) is 0 Å². The fourth-order valence-electron chi connectivity index (χ4n) is 8.98. The lowest BCUT2D eigenvalue weighted by Crippen LogP contribution is -2.60. The minimum atomic E-state index is -1.57. The predicted octanol–water partition coefficient (Wildman–Crippen LogP) is 3.29. The van der Waals surface area contributed by atoms with E-state index in [-0.39, 0.29) is 48.3 Å². The summed E-state index contributed by atoms with van der Waals surface area (Å²) in [5.41, 5.74) is 0.459. The molecule has 21 heteroatoms. The summed E-state index contributed by atoms with van der Waals surface area (Å²) in [6.45, 7) is 19.6. The normalized spacial score (nSPS) is 22.9. The van der Waals surface area contributed by atoms with E-state index in [9.17, 15) is 54.2 Å². The second kappa shape index (κ2) is 26.3. The molecule has 7 amide bonds. The summed E-state index contributed by atoms with van der Waals surface area (Å²) in [6, 6.07) is 1.10. The van der Waals surface area contributed by atoms with E-state index in [1.807, 2.05) is 62.7 Å². The Balaban J connectivity index is 1.98. The molecular weight excluding hydrogens is 967 g/mol. The van der Waals surface area contributed by atoms with Gasteiger partial charge in [-0.05, 0) is 88.5 Å². The van der Waals surface area contributed by atoms with Crippen molar-refractivity contribution in [2.45, 2.75) is 149 Å². The quantitative estimate of drug-likeness (QED) is 0.0756. The molecule has 1 saturated heterocycles. The topological polar surface area (TPSA) is 295 Å². The maximum atomic E-state index is 15.3. The molecule has 1 aliphatic rings.